The zero-order valence-corrected chi connectivity index (χ0v) is 14.7. The summed E-state index contributed by atoms with van der Waals surface area (Å²) in [6.07, 6.45) is -0.247. The van der Waals surface area contributed by atoms with Crippen molar-refractivity contribution in [3.05, 3.63) is 52.5 Å². The molecule has 2 aromatic carbocycles. The highest BCUT2D eigenvalue weighted by atomic mass is 35.5. The molecule has 3 rings (SSSR count). The molecule has 4 nitrogen and oxygen atoms in total. The van der Waals surface area contributed by atoms with E-state index in [-0.39, 0.29) is 11.5 Å². The lowest BCUT2D eigenvalue weighted by Gasteiger charge is -2.26. The molecule has 0 fully saturated rings. The summed E-state index contributed by atoms with van der Waals surface area (Å²) in [4.78, 5) is 11.2. The zero-order chi connectivity index (χ0) is 17.5. The third-order valence-electron chi connectivity index (χ3n) is 4.50. The van der Waals surface area contributed by atoms with Crippen LogP contribution in [0.3, 0.4) is 0 Å². The van der Waals surface area contributed by atoms with E-state index in [1.165, 1.54) is 0 Å². The van der Waals surface area contributed by atoms with Gasteiger partial charge in [-0.05, 0) is 40.8 Å². The predicted octanol–water partition coefficient (Wildman–Crippen LogP) is 4.73. The molecule has 1 amide bonds. The zero-order valence-electron chi connectivity index (χ0n) is 13.9. The molecule has 1 unspecified atom stereocenters. The second kappa shape index (κ2) is 6.02. The lowest BCUT2D eigenvalue weighted by Crippen LogP contribution is -2.25. The maximum atomic E-state index is 11.2. The maximum absolute atomic E-state index is 11.2. The number of methoxy groups -OCH3 is 1. The topological polar surface area (TPSA) is 61.6 Å². The molecule has 1 atom stereocenters. The maximum Gasteiger partial charge on any atom is 0.405 e. The average Bonchev–Trinajstić information content (AvgIpc) is 2.76. The van der Waals surface area contributed by atoms with Gasteiger partial charge in [0.15, 0.2) is 0 Å². The number of nitrogens with two attached hydrogens (primary N) is 1. The molecule has 1 aliphatic carbocycles. The Morgan fingerprint density at radius 2 is 1.88 bits per heavy atom. The van der Waals surface area contributed by atoms with Gasteiger partial charge in [0.1, 0.15) is 11.9 Å². The fourth-order valence-electron chi connectivity index (χ4n) is 3.38. The molecule has 0 saturated carbocycles. The summed E-state index contributed by atoms with van der Waals surface area (Å²) < 4.78 is 10.5. The molecule has 0 spiro atoms. The summed E-state index contributed by atoms with van der Waals surface area (Å²) in [7, 11) is 1.59. The van der Waals surface area contributed by atoms with Crippen LogP contribution in [0, 0.1) is 5.41 Å². The van der Waals surface area contributed by atoms with Gasteiger partial charge in [0, 0.05) is 5.41 Å². The fraction of sp³-hybridized carbons (Fsp3) is 0.316. The van der Waals surface area contributed by atoms with Crippen LogP contribution in [0.5, 0.6) is 5.75 Å². The van der Waals surface area contributed by atoms with Gasteiger partial charge in [-0.25, -0.2) is 4.79 Å². The van der Waals surface area contributed by atoms with E-state index in [0.29, 0.717) is 10.8 Å². The second-order valence-corrected chi connectivity index (χ2v) is 7.15. The minimum atomic E-state index is -0.744. The van der Waals surface area contributed by atoms with Crippen LogP contribution in [0.25, 0.3) is 11.1 Å². The first kappa shape index (κ1) is 16.7. The first-order chi connectivity index (χ1) is 11.3. The number of benzene rings is 2. The van der Waals surface area contributed by atoms with Crippen molar-refractivity contribution in [3.8, 4) is 16.9 Å². The largest absolute Gasteiger partial charge is 0.495 e. The molecule has 24 heavy (non-hydrogen) atoms. The molecule has 0 radical (unpaired) electrons. The van der Waals surface area contributed by atoms with Crippen molar-refractivity contribution in [2.45, 2.75) is 26.4 Å². The van der Waals surface area contributed by atoms with Crippen molar-refractivity contribution in [1.29, 1.82) is 0 Å². The molecular formula is C19H20ClNO3. The van der Waals surface area contributed by atoms with Gasteiger partial charge in [-0.1, -0.05) is 49.7 Å². The number of halogens is 1. The van der Waals surface area contributed by atoms with Crippen LogP contribution in [0.15, 0.2) is 36.4 Å². The highest BCUT2D eigenvalue weighted by Gasteiger charge is 2.41. The molecule has 0 heterocycles. The van der Waals surface area contributed by atoms with Crippen molar-refractivity contribution in [2.24, 2.45) is 11.1 Å². The number of carbonyl (C=O) groups is 1. The van der Waals surface area contributed by atoms with Gasteiger partial charge in [0.05, 0.1) is 12.1 Å². The molecule has 2 N–H and O–H groups in total. The van der Waals surface area contributed by atoms with Gasteiger partial charge >= 0.3 is 6.09 Å². The third-order valence-corrected chi connectivity index (χ3v) is 4.80. The van der Waals surface area contributed by atoms with Crippen LogP contribution >= 0.6 is 11.6 Å². The molecule has 0 aliphatic heterocycles. The Bertz CT molecular complexity index is 801. The molecule has 0 bridgehead atoms. The van der Waals surface area contributed by atoms with Crippen molar-refractivity contribution < 1.29 is 14.3 Å². The van der Waals surface area contributed by atoms with Crippen molar-refractivity contribution in [1.82, 2.24) is 0 Å². The Morgan fingerprint density at radius 3 is 2.50 bits per heavy atom. The van der Waals surface area contributed by atoms with Crippen LogP contribution in [0.1, 0.15) is 31.1 Å². The SMILES string of the molecule is COc1ccc(-c2ccc3c(c2)CC(C)(C)C3OC(N)=O)cc1Cl. The molecular weight excluding hydrogens is 326 g/mol. The number of ether oxygens (including phenoxy) is 2. The highest BCUT2D eigenvalue weighted by molar-refractivity contribution is 6.32. The van der Waals surface area contributed by atoms with Gasteiger partial charge < -0.3 is 15.2 Å². The Balaban J connectivity index is 1.99. The van der Waals surface area contributed by atoms with Gasteiger partial charge in [-0.2, -0.15) is 0 Å². The summed E-state index contributed by atoms with van der Waals surface area (Å²) in [6.45, 7) is 4.15. The van der Waals surface area contributed by atoms with E-state index in [9.17, 15) is 4.79 Å². The normalized spacial score (nSPS) is 18.1. The van der Waals surface area contributed by atoms with Gasteiger partial charge in [0.2, 0.25) is 0 Å². The third kappa shape index (κ3) is 2.94. The molecule has 1 aliphatic rings. The highest BCUT2D eigenvalue weighted by Crippen LogP contribution is 2.48. The Labute approximate surface area is 146 Å². The molecule has 5 heteroatoms. The standard InChI is InChI=1S/C19H20ClNO3/c1-19(2)10-13-8-11(4-6-14(13)17(19)24-18(21)22)12-5-7-16(23-3)15(20)9-12/h4-9,17H,10H2,1-3H3,(H2,21,22). The summed E-state index contributed by atoms with van der Waals surface area (Å²) in [5, 5.41) is 0.575. The molecule has 0 aromatic heterocycles. The quantitative estimate of drug-likeness (QED) is 0.874. The van der Waals surface area contributed by atoms with E-state index < -0.39 is 6.09 Å². The van der Waals surface area contributed by atoms with Crippen LogP contribution in [-0.4, -0.2) is 13.2 Å². The molecule has 126 valence electrons. The Morgan fingerprint density at radius 1 is 1.21 bits per heavy atom. The summed E-state index contributed by atoms with van der Waals surface area (Å²) >= 11 is 6.23. The van der Waals surface area contributed by atoms with E-state index in [2.05, 4.69) is 19.9 Å². The number of hydrogen-bond donors (Lipinski definition) is 1. The van der Waals surface area contributed by atoms with E-state index in [1.54, 1.807) is 7.11 Å². The van der Waals surface area contributed by atoms with E-state index in [0.717, 1.165) is 28.7 Å². The summed E-state index contributed by atoms with van der Waals surface area (Å²) in [6, 6.07) is 11.9. The van der Waals surface area contributed by atoms with Crippen LogP contribution in [0.2, 0.25) is 5.02 Å². The van der Waals surface area contributed by atoms with Crippen LogP contribution in [-0.2, 0) is 11.2 Å². The number of rotatable bonds is 3. The van der Waals surface area contributed by atoms with Crippen molar-refractivity contribution in [2.75, 3.05) is 7.11 Å². The van der Waals surface area contributed by atoms with E-state index in [1.807, 2.05) is 30.3 Å². The number of amides is 1. The van der Waals surface area contributed by atoms with Crippen molar-refractivity contribution in [3.63, 3.8) is 0 Å². The summed E-state index contributed by atoms with van der Waals surface area (Å²) in [5.74, 6) is 0.651. The van der Waals surface area contributed by atoms with Gasteiger partial charge in [0.25, 0.3) is 0 Å². The average molecular weight is 346 g/mol. The van der Waals surface area contributed by atoms with Crippen molar-refractivity contribution >= 4 is 17.7 Å². The molecule has 0 saturated heterocycles. The number of carbonyl (C=O) groups excluding carboxylic acids is 1. The first-order valence-electron chi connectivity index (χ1n) is 7.74. The minimum absolute atomic E-state index is 0.187. The van der Waals surface area contributed by atoms with E-state index in [4.69, 9.17) is 26.8 Å². The molecule has 2 aromatic rings. The lowest BCUT2D eigenvalue weighted by atomic mass is 9.87. The van der Waals surface area contributed by atoms with Crippen LogP contribution in [0.4, 0.5) is 4.79 Å². The minimum Gasteiger partial charge on any atom is -0.495 e. The predicted molar refractivity (Wildman–Crippen MR) is 94.3 cm³/mol. The monoisotopic (exact) mass is 345 g/mol. The van der Waals surface area contributed by atoms with E-state index >= 15 is 0 Å². The summed E-state index contributed by atoms with van der Waals surface area (Å²) in [5.41, 5.74) is 9.30. The lowest BCUT2D eigenvalue weighted by molar-refractivity contribution is 0.0392. The first-order valence-corrected chi connectivity index (χ1v) is 8.12. The van der Waals surface area contributed by atoms with Gasteiger partial charge in [-0.3, -0.25) is 0 Å². The smallest absolute Gasteiger partial charge is 0.405 e. The Hall–Kier alpha value is -2.20. The number of primary amides is 1. The van der Waals surface area contributed by atoms with Crippen LogP contribution < -0.4 is 10.5 Å². The fourth-order valence-corrected chi connectivity index (χ4v) is 3.64. The van der Waals surface area contributed by atoms with Gasteiger partial charge in [-0.15, -0.1) is 0 Å². The number of hydrogen-bond acceptors (Lipinski definition) is 3. The second-order valence-electron chi connectivity index (χ2n) is 6.75. The number of fused-ring (bicyclic) bond motifs is 1. The Kier molecular flexibility index (Phi) is 4.18.